The summed E-state index contributed by atoms with van der Waals surface area (Å²) in [4.78, 5) is 11.3. The molecule has 0 saturated heterocycles. The van der Waals surface area contributed by atoms with E-state index in [-0.39, 0.29) is 12.5 Å². The summed E-state index contributed by atoms with van der Waals surface area (Å²) in [6.07, 6.45) is 1.35. The minimum absolute atomic E-state index is 0.193. The van der Waals surface area contributed by atoms with E-state index >= 15 is 0 Å². The second kappa shape index (κ2) is 8.53. The largest absolute Gasteiger partial charge is 0.445 e. The average molecular weight is 251 g/mol. The minimum Gasteiger partial charge on any atom is -0.445 e. The molecular weight excluding hydrogens is 230 g/mol. The number of hydrogen-bond donors (Lipinski definition) is 2. The molecule has 0 aliphatic rings. The predicted octanol–water partition coefficient (Wildman–Crippen LogP) is 2.32. The van der Waals surface area contributed by atoms with Crippen LogP contribution in [-0.2, 0) is 11.3 Å². The Morgan fingerprint density at radius 1 is 1.39 bits per heavy atom. The van der Waals surface area contributed by atoms with Gasteiger partial charge in [-0.05, 0) is 24.3 Å². The summed E-state index contributed by atoms with van der Waals surface area (Å²) in [5.41, 5.74) is 0.974. The number of amides is 1. The van der Waals surface area contributed by atoms with Crippen molar-refractivity contribution in [2.45, 2.75) is 26.4 Å². The zero-order valence-electron chi connectivity index (χ0n) is 10.8. The maximum Gasteiger partial charge on any atom is 0.407 e. The number of aliphatic hydroxyl groups excluding tert-OH is 1. The Morgan fingerprint density at radius 3 is 2.78 bits per heavy atom. The van der Waals surface area contributed by atoms with E-state index in [0.29, 0.717) is 13.2 Å². The predicted molar refractivity (Wildman–Crippen MR) is 70.1 cm³/mol. The SMILES string of the molecule is CC(CO)CCCNC(=O)OCc1ccccc1. The summed E-state index contributed by atoms with van der Waals surface area (Å²) < 4.78 is 5.06. The number of ether oxygens (including phenoxy) is 1. The first-order chi connectivity index (χ1) is 8.72. The third-order valence-electron chi connectivity index (χ3n) is 2.67. The van der Waals surface area contributed by atoms with Crippen LogP contribution < -0.4 is 5.32 Å². The summed E-state index contributed by atoms with van der Waals surface area (Å²) in [6.45, 7) is 3.05. The molecule has 0 radical (unpaired) electrons. The summed E-state index contributed by atoms with van der Waals surface area (Å²) in [7, 11) is 0. The lowest BCUT2D eigenvalue weighted by atomic mass is 10.1. The number of nitrogens with one attached hydrogen (secondary N) is 1. The van der Waals surface area contributed by atoms with Crippen molar-refractivity contribution in [2.75, 3.05) is 13.2 Å². The number of benzene rings is 1. The van der Waals surface area contributed by atoms with E-state index in [0.717, 1.165) is 18.4 Å². The van der Waals surface area contributed by atoms with Crippen LogP contribution in [-0.4, -0.2) is 24.4 Å². The second-order valence-corrected chi connectivity index (χ2v) is 4.42. The van der Waals surface area contributed by atoms with Gasteiger partial charge in [0.2, 0.25) is 0 Å². The van der Waals surface area contributed by atoms with E-state index in [2.05, 4.69) is 5.32 Å². The van der Waals surface area contributed by atoms with Gasteiger partial charge in [-0.3, -0.25) is 0 Å². The number of rotatable bonds is 7. The summed E-state index contributed by atoms with van der Waals surface area (Å²) in [6, 6.07) is 9.57. The van der Waals surface area contributed by atoms with Crippen LogP contribution in [0.2, 0.25) is 0 Å². The van der Waals surface area contributed by atoms with Crippen molar-refractivity contribution in [1.29, 1.82) is 0 Å². The molecule has 4 heteroatoms. The fourth-order valence-electron chi connectivity index (χ4n) is 1.51. The Labute approximate surface area is 108 Å². The van der Waals surface area contributed by atoms with Crippen molar-refractivity contribution in [3.63, 3.8) is 0 Å². The van der Waals surface area contributed by atoms with E-state index in [4.69, 9.17) is 9.84 Å². The molecule has 0 saturated carbocycles. The minimum atomic E-state index is -0.393. The highest BCUT2D eigenvalue weighted by molar-refractivity contribution is 5.67. The fraction of sp³-hybridized carbons (Fsp3) is 0.500. The smallest absolute Gasteiger partial charge is 0.407 e. The molecule has 0 heterocycles. The maximum atomic E-state index is 11.3. The number of aliphatic hydroxyl groups is 1. The molecule has 0 spiro atoms. The molecule has 0 aliphatic carbocycles. The van der Waals surface area contributed by atoms with Crippen molar-refractivity contribution in [2.24, 2.45) is 5.92 Å². The first kappa shape index (κ1) is 14.5. The molecule has 1 aromatic carbocycles. The maximum absolute atomic E-state index is 11.3. The first-order valence-corrected chi connectivity index (χ1v) is 6.27. The molecule has 1 rings (SSSR count). The molecule has 1 amide bonds. The number of carbonyl (C=O) groups excluding carboxylic acids is 1. The highest BCUT2D eigenvalue weighted by atomic mass is 16.5. The van der Waals surface area contributed by atoms with Gasteiger partial charge in [0.25, 0.3) is 0 Å². The molecule has 1 atom stereocenters. The van der Waals surface area contributed by atoms with E-state index < -0.39 is 6.09 Å². The van der Waals surface area contributed by atoms with Gasteiger partial charge in [0.05, 0.1) is 0 Å². The highest BCUT2D eigenvalue weighted by Gasteiger charge is 2.03. The van der Waals surface area contributed by atoms with Gasteiger partial charge in [0.1, 0.15) is 6.61 Å². The summed E-state index contributed by atoms with van der Waals surface area (Å²) in [5, 5.41) is 11.5. The fourth-order valence-corrected chi connectivity index (χ4v) is 1.51. The molecule has 0 bridgehead atoms. The lowest BCUT2D eigenvalue weighted by Gasteiger charge is -2.09. The van der Waals surface area contributed by atoms with Gasteiger partial charge >= 0.3 is 6.09 Å². The van der Waals surface area contributed by atoms with Crippen LogP contribution >= 0.6 is 0 Å². The van der Waals surface area contributed by atoms with Crippen molar-refractivity contribution >= 4 is 6.09 Å². The quantitative estimate of drug-likeness (QED) is 0.731. The van der Waals surface area contributed by atoms with Crippen LogP contribution in [0.4, 0.5) is 4.79 Å². The van der Waals surface area contributed by atoms with Crippen molar-refractivity contribution in [3.05, 3.63) is 35.9 Å². The number of carbonyl (C=O) groups is 1. The molecule has 1 aromatic rings. The Morgan fingerprint density at radius 2 is 2.11 bits per heavy atom. The summed E-state index contributed by atoms with van der Waals surface area (Å²) in [5.74, 6) is 0.284. The van der Waals surface area contributed by atoms with Gasteiger partial charge < -0.3 is 15.2 Å². The molecule has 2 N–H and O–H groups in total. The lowest BCUT2D eigenvalue weighted by molar-refractivity contribution is 0.139. The van der Waals surface area contributed by atoms with Gasteiger partial charge in [-0.25, -0.2) is 4.79 Å². The van der Waals surface area contributed by atoms with Crippen LogP contribution in [0.1, 0.15) is 25.3 Å². The topological polar surface area (TPSA) is 58.6 Å². The van der Waals surface area contributed by atoms with Gasteiger partial charge in [0.15, 0.2) is 0 Å². The Balaban J connectivity index is 2.07. The standard InChI is InChI=1S/C14H21NO3/c1-12(10-16)6-5-9-15-14(17)18-11-13-7-3-2-4-8-13/h2-4,7-8,12,16H,5-6,9-11H2,1H3,(H,15,17). The molecule has 18 heavy (non-hydrogen) atoms. The Bertz CT molecular complexity index is 340. The van der Waals surface area contributed by atoms with Crippen molar-refractivity contribution < 1.29 is 14.6 Å². The van der Waals surface area contributed by atoms with Crippen molar-refractivity contribution in [3.8, 4) is 0 Å². The van der Waals surface area contributed by atoms with Crippen LogP contribution in [0.3, 0.4) is 0 Å². The normalized spacial score (nSPS) is 11.9. The zero-order valence-corrected chi connectivity index (χ0v) is 10.8. The van der Waals surface area contributed by atoms with E-state index in [9.17, 15) is 4.79 Å². The Kier molecular flexibility index (Phi) is 6.87. The third-order valence-corrected chi connectivity index (χ3v) is 2.67. The molecule has 100 valence electrons. The summed E-state index contributed by atoms with van der Waals surface area (Å²) >= 11 is 0. The monoisotopic (exact) mass is 251 g/mol. The van der Waals surface area contributed by atoms with E-state index in [1.54, 1.807) is 0 Å². The van der Waals surface area contributed by atoms with Gasteiger partial charge in [0, 0.05) is 13.2 Å². The number of alkyl carbamates (subject to hydrolysis) is 1. The average Bonchev–Trinajstić information content (AvgIpc) is 2.42. The molecule has 4 nitrogen and oxygen atoms in total. The van der Waals surface area contributed by atoms with E-state index in [1.807, 2.05) is 37.3 Å². The number of hydrogen-bond acceptors (Lipinski definition) is 3. The second-order valence-electron chi connectivity index (χ2n) is 4.42. The van der Waals surface area contributed by atoms with Crippen molar-refractivity contribution in [1.82, 2.24) is 5.32 Å². The zero-order chi connectivity index (χ0) is 13.2. The molecule has 0 aromatic heterocycles. The van der Waals surface area contributed by atoms with Crippen LogP contribution in [0.25, 0.3) is 0 Å². The highest BCUT2D eigenvalue weighted by Crippen LogP contribution is 2.03. The van der Waals surface area contributed by atoms with Gasteiger partial charge in [-0.15, -0.1) is 0 Å². The Hall–Kier alpha value is -1.55. The lowest BCUT2D eigenvalue weighted by Crippen LogP contribution is -2.25. The van der Waals surface area contributed by atoms with E-state index in [1.165, 1.54) is 0 Å². The third kappa shape index (κ3) is 6.25. The van der Waals surface area contributed by atoms with Gasteiger partial charge in [-0.2, -0.15) is 0 Å². The van der Waals surface area contributed by atoms with Crippen LogP contribution in [0.5, 0.6) is 0 Å². The molecular formula is C14H21NO3. The van der Waals surface area contributed by atoms with Crippen LogP contribution in [0.15, 0.2) is 30.3 Å². The first-order valence-electron chi connectivity index (χ1n) is 6.27. The molecule has 0 aliphatic heterocycles. The van der Waals surface area contributed by atoms with Crippen LogP contribution in [0, 0.1) is 5.92 Å². The molecule has 0 fully saturated rings. The molecule has 1 unspecified atom stereocenters. The van der Waals surface area contributed by atoms with Gasteiger partial charge in [-0.1, -0.05) is 37.3 Å².